The van der Waals surface area contributed by atoms with E-state index in [-0.39, 0.29) is 11.8 Å². The van der Waals surface area contributed by atoms with Crippen LogP contribution < -0.4 is 0 Å². The third kappa shape index (κ3) is 5.49. The van der Waals surface area contributed by atoms with E-state index in [9.17, 15) is 9.90 Å². The third-order valence-corrected chi connectivity index (χ3v) is 7.07. The first-order valence-electron chi connectivity index (χ1n) is 12.3. The first-order valence-corrected chi connectivity index (χ1v) is 12.3. The molecule has 1 fully saturated rings. The van der Waals surface area contributed by atoms with Crippen LogP contribution in [0.25, 0.3) is 22.5 Å². The van der Waals surface area contributed by atoms with Gasteiger partial charge in [-0.1, -0.05) is 72.3 Å². The Hall–Kier alpha value is -3.14. The molecule has 0 amide bonds. The number of hydrogen-bond donors (Lipinski definition) is 1. The largest absolute Gasteiger partial charge is 0.481 e. The van der Waals surface area contributed by atoms with Gasteiger partial charge in [0.1, 0.15) is 0 Å². The molecule has 0 aliphatic heterocycles. The van der Waals surface area contributed by atoms with Gasteiger partial charge in [0.2, 0.25) is 0 Å². The maximum absolute atomic E-state index is 11.2. The number of carbonyl (C=O) groups is 1. The van der Waals surface area contributed by atoms with Gasteiger partial charge in [0.15, 0.2) is 5.76 Å². The van der Waals surface area contributed by atoms with E-state index in [2.05, 4.69) is 80.5 Å². The van der Waals surface area contributed by atoms with Crippen molar-refractivity contribution < 1.29 is 14.4 Å². The highest BCUT2D eigenvalue weighted by atomic mass is 16.5. The molecule has 1 N–H and O–H groups in total. The van der Waals surface area contributed by atoms with Gasteiger partial charge in [-0.2, -0.15) is 0 Å². The molecule has 0 bridgehead atoms. The zero-order valence-electron chi connectivity index (χ0n) is 20.7. The zero-order valence-corrected chi connectivity index (χ0v) is 20.7. The van der Waals surface area contributed by atoms with Crippen LogP contribution >= 0.6 is 0 Å². The normalized spacial score (nSPS) is 15.1. The smallest absolute Gasteiger partial charge is 0.304 e. The van der Waals surface area contributed by atoms with E-state index in [4.69, 9.17) is 4.52 Å². The fourth-order valence-corrected chi connectivity index (χ4v) is 4.80. The van der Waals surface area contributed by atoms with E-state index >= 15 is 0 Å². The molecule has 0 saturated heterocycles. The summed E-state index contributed by atoms with van der Waals surface area (Å²) >= 11 is 0. The Labute approximate surface area is 202 Å². The van der Waals surface area contributed by atoms with E-state index in [1.54, 1.807) is 0 Å². The standard InChI is InChI=1S/C30H35NO3/c1-20(2)6-5-7-21(3)18-27-22(4)31-34-29(27)25-10-8-23(9-11-25)24-12-14-26(15-13-24)30(16-17-30)19-28(32)33/h6,8-15,21H,5,7,16-19H2,1-4H3,(H,32,33). The van der Waals surface area contributed by atoms with Gasteiger partial charge in [-0.05, 0) is 75.5 Å². The first-order chi connectivity index (χ1) is 16.3. The minimum absolute atomic E-state index is 0.155. The molecule has 2 aromatic carbocycles. The summed E-state index contributed by atoms with van der Waals surface area (Å²) < 4.78 is 5.75. The first kappa shape index (κ1) is 24.0. The fourth-order valence-electron chi connectivity index (χ4n) is 4.80. The number of hydrogen-bond acceptors (Lipinski definition) is 3. The van der Waals surface area contributed by atoms with Gasteiger partial charge < -0.3 is 9.63 Å². The number of allylic oxidation sites excluding steroid dienone is 2. The second-order valence-electron chi connectivity index (χ2n) is 10.2. The van der Waals surface area contributed by atoms with Crippen molar-refractivity contribution in [1.82, 2.24) is 5.16 Å². The molecular weight excluding hydrogens is 422 g/mol. The minimum Gasteiger partial charge on any atom is -0.481 e. The molecule has 4 nitrogen and oxygen atoms in total. The molecule has 0 radical (unpaired) electrons. The number of nitrogens with zero attached hydrogens (tertiary/aromatic N) is 1. The summed E-state index contributed by atoms with van der Waals surface area (Å²) in [5.41, 5.74) is 7.83. The molecule has 4 heteroatoms. The Morgan fingerprint density at radius 2 is 1.65 bits per heavy atom. The van der Waals surface area contributed by atoms with E-state index in [1.807, 2.05) is 6.92 Å². The van der Waals surface area contributed by atoms with Gasteiger partial charge in [0.05, 0.1) is 12.1 Å². The van der Waals surface area contributed by atoms with Crippen LogP contribution in [0.15, 0.2) is 64.7 Å². The summed E-state index contributed by atoms with van der Waals surface area (Å²) in [6.45, 7) is 8.62. The van der Waals surface area contributed by atoms with Gasteiger partial charge in [0.25, 0.3) is 0 Å². The van der Waals surface area contributed by atoms with Crippen LogP contribution in [0.4, 0.5) is 0 Å². The molecule has 1 unspecified atom stereocenters. The highest BCUT2D eigenvalue weighted by Crippen LogP contribution is 2.51. The van der Waals surface area contributed by atoms with Gasteiger partial charge in [-0.3, -0.25) is 4.79 Å². The van der Waals surface area contributed by atoms with Crippen molar-refractivity contribution in [2.24, 2.45) is 5.92 Å². The van der Waals surface area contributed by atoms with Gasteiger partial charge >= 0.3 is 5.97 Å². The number of aromatic nitrogens is 1. The minimum atomic E-state index is -0.721. The lowest BCUT2D eigenvalue weighted by molar-refractivity contribution is -0.137. The Morgan fingerprint density at radius 1 is 1.06 bits per heavy atom. The van der Waals surface area contributed by atoms with Gasteiger partial charge in [0, 0.05) is 16.5 Å². The number of rotatable bonds is 10. The molecule has 34 heavy (non-hydrogen) atoms. The predicted molar refractivity (Wildman–Crippen MR) is 137 cm³/mol. The second kappa shape index (κ2) is 10.0. The quantitative estimate of drug-likeness (QED) is 0.316. The monoisotopic (exact) mass is 457 g/mol. The highest BCUT2D eigenvalue weighted by molar-refractivity contribution is 5.72. The molecule has 1 aliphatic carbocycles. The molecule has 0 spiro atoms. The summed E-state index contributed by atoms with van der Waals surface area (Å²) in [6.07, 6.45) is 7.65. The van der Waals surface area contributed by atoms with E-state index in [0.717, 1.165) is 65.8 Å². The Bertz CT molecular complexity index is 1160. The Balaban J connectivity index is 1.47. The van der Waals surface area contributed by atoms with Crippen LogP contribution in [0.2, 0.25) is 0 Å². The number of aliphatic carboxylic acids is 1. The van der Waals surface area contributed by atoms with Crippen molar-refractivity contribution in [3.8, 4) is 22.5 Å². The predicted octanol–water partition coefficient (Wildman–Crippen LogP) is 7.75. The maximum Gasteiger partial charge on any atom is 0.304 e. The Morgan fingerprint density at radius 3 is 2.21 bits per heavy atom. The van der Waals surface area contributed by atoms with Crippen molar-refractivity contribution in [2.45, 2.75) is 71.6 Å². The lowest BCUT2D eigenvalue weighted by atomic mass is 9.90. The van der Waals surface area contributed by atoms with Crippen LogP contribution in [-0.2, 0) is 16.6 Å². The van der Waals surface area contributed by atoms with Crippen LogP contribution in [0.3, 0.4) is 0 Å². The van der Waals surface area contributed by atoms with Crippen LogP contribution in [0, 0.1) is 12.8 Å². The summed E-state index contributed by atoms with van der Waals surface area (Å²) in [5.74, 6) is 0.709. The maximum atomic E-state index is 11.2. The summed E-state index contributed by atoms with van der Waals surface area (Å²) in [7, 11) is 0. The lowest BCUT2D eigenvalue weighted by Gasteiger charge is -2.14. The summed E-state index contributed by atoms with van der Waals surface area (Å²) in [5, 5.41) is 13.5. The molecule has 1 heterocycles. The molecule has 3 aromatic rings. The zero-order chi connectivity index (χ0) is 24.3. The van der Waals surface area contributed by atoms with Crippen molar-refractivity contribution >= 4 is 5.97 Å². The summed E-state index contributed by atoms with van der Waals surface area (Å²) in [4.78, 5) is 11.2. The average molecular weight is 458 g/mol. The number of carboxylic acids is 1. The third-order valence-electron chi connectivity index (χ3n) is 7.07. The van der Waals surface area contributed by atoms with E-state index < -0.39 is 5.97 Å². The number of carboxylic acid groups (broad SMARTS) is 1. The van der Waals surface area contributed by atoms with E-state index in [1.165, 1.54) is 11.1 Å². The molecular formula is C30H35NO3. The summed E-state index contributed by atoms with van der Waals surface area (Å²) in [6, 6.07) is 16.8. The average Bonchev–Trinajstić information content (AvgIpc) is 3.49. The molecule has 1 aliphatic rings. The van der Waals surface area contributed by atoms with Crippen molar-refractivity contribution in [2.75, 3.05) is 0 Å². The highest BCUT2D eigenvalue weighted by Gasteiger charge is 2.45. The number of aryl methyl sites for hydroxylation is 1. The van der Waals surface area contributed by atoms with Crippen LogP contribution in [-0.4, -0.2) is 16.2 Å². The van der Waals surface area contributed by atoms with Gasteiger partial charge in [-0.15, -0.1) is 0 Å². The topological polar surface area (TPSA) is 63.3 Å². The van der Waals surface area contributed by atoms with Crippen LogP contribution in [0.1, 0.15) is 69.7 Å². The van der Waals surface area contributed by atoms with Crippen molar-refractivity contribution in [3.05, 3.63) is 77.0 Å². The molecule has 4 rings (SSSR count). The molecule has 1 atom stereocenters. The van der Waals surface area contributed by atoms with Crippen molar-refractivity contribution in [3.63, 3.8) is 0 Å². The lowest BCUT2D eigenvalue weighted by Crippen LogP contribution is -2.12. The van der Waals surface area contributed by atoms with E-state index in [0.29, 0.717) is 5.92 Å². The Kier molecular flexibility index (Phi) is 7.06. The molecule has 1 saturated carbocycles. The fraction of sp³-hybridized carbons (Fsp3) is 0.400. The SMILES string of the molecule is CC(C)=CCCC(C)Cc1c(C)noc1-c1ccc(-c2ccc(C3(CC(=O)O)CC3)cc2)cc1. The molecule has 178 valence electrons. The number of benzene rings is 2. The second-order valence-corrected chi connectivity index (χ2v) is 10.2. The van der Waals surface area contributed by atoms with Crippen molar-refractivity contribution in [1.29, 1.82) is 0 Å². The molecule has 1 aromatic heterocycles. The van der Waals surface area contributed by atoms with Crippen LogP contribution in [0.5, 0.6) is 0 Å². The van der Waals surface area contributed by atoms with Gasteiger partial charge in [-0.25, -0.2) is 0 Å².